The Morgan fingerprint density at radius 1 is 1.50 bits per heavy atom. The number of nitrogens with zero attached hydrogens (tertiary/aromatic N) is 2. The van der Waals surface area contributed by atoms with Crippen molar-refractivity contribution in [1.82, 2.24) is 4.90 Å². The summed E-state index contributed by atoms with van der Waals surface area (Å²) in [6, 6.07) is 2.15. The van der Waals surface area contributed by atoms with Crippen LogP contribution in [-0.4, -0.2) is 30.0 Å². The van der Waals surface area contributed by atoms with Crippen LogP contribution in [0.15, 0.2) is 0 Å². The fourth-order valence-corrected chi connectivity index (χ4v) is 1.61. The van der Waals surface area contributed by atoms with Crippen LogP contribution >= 0.6 is 0 Å². The zero-order chi connectivity index (χ0) is 11.0. The smallest absolute Gasteiger partial charge is 0.248 e. The summed E-state index contributed by atoms with van der Waals surface area (Å²) in [6.45, 7) is 4.17. The van der Waals surface area contributed by atoms with E-state index in [0.29, 0.717) is 6.54 Å². The summed E-state index contributed by atoms with van der Waals surface area (Å²) in [5.41, 5.74) is -0.565. The number of halogens is 2. The second-order valence-corrected chi connectivity index (χ2v) is 4.68. The van der Waals surface area contributed by atoms with Crippen LogP contribution in [0.25, 0.3) is 0 Å². The molecule has 0 atom stereocenters. The van der Waals surface area contributed by atoms with Crippen molar-refractivity contribution in [2.45, 2.75) is 38.2 Å². The zero-order valence-electron chi connectivity index (χ0n) is 8.85. The molecule has 14 heavy (non-hydrogen) atoms. The predicted octanol–water partition coefficient (Wildman–Crippen LogP) is 2.27. The molecule has 2 nitrogen and oxygen atoms in total. The maximum atomic E-state index is 12.5. The average molecular weight is 202 g/mol. The third-order valence-corrected chi connectivity index (χ3v) is 2.93. The van der Waals surface area contributed by atoms with Gasteiger partial charge in [0.05, 0.1) is 6.07 Å². The Morgan fingerprint density at radius 2 is 2.00 bits per heavy atom. The number of alkyl halides is 2. The molecule has 0 amide bonds. The monoisotopic (exact) mass is 202 g/mol. The minimum Gasteiger partial charge on any atom is -0.289 e. The van der Waals surface area contributed by atoms with Gasteiger partial charge in [0.15, 0.2) is 0 Å². The highest BCUT2D eigenvalue weighted by atomic mass is 19.3. The van der Waals surface area contributed by atoms with Crippen molar-refractivity contribution in [1.29, 1.82) is 5.26 Å². The molecule has 0 aliphatic heterocycles. The predicted molar refractivity (Wildman–Crippen MR) is 50.0 cm³/mol. The van der Waals surface area contributed by atoms with E-state index >= 15 is 0 Å². The van der Waals surface area contributed by atoms with E-state index < -0.39 is 11.5 Å². The number of nitriles is 1. The summed E-state index contributed by atoms with van der Waals surface area (Å²) in [6.07, 6.45) is -0.0578. The van der Waals surface area contributed by atoms with Gasteiger partial charge in [-0.3, -0.25) is 4.90 Å². The van der Waals surface area contributed by atoms with Crippen LogP contribution in [0, 0.1) is 17.2 Å². The highest BCUT2D eigenvalue weighted by Crippen LogP contribution is 2.42. The van der Waals surface area contributed by atoms with Crippen LogP contribution in [0.1, 0.15) is 26.7 Å². The van der Waals surface area contributed by atoms with Crippen LogP contribution in [0.4, 0.5) is 8.78 Å². The van der Waals surface area contributed by atoms with Crippen LogP contribution in [0.3, 0.4) is 0 Å². The van der Waals surface area contributed by atoms with Crippen LogP contribution in [-0.2, 0) is 0 Å². The summed E-state index contributed by atoms with van der Waals surface area (Å²) < 4.78 is 25.1. The molecule has 1 saturated carbocycles. The molecule has 0 radical (unpaired) electrons. The average Bonchev–Trinajstić information content (AvgIpc) is 2.01. The molecule has 0 spiro atoms. The Balaban J connectivity index is 2.37. The van der Waals surface area contributed by atoms with Crippen molar-refractivity contribution >= 4 is 0 Å². The first-order valence-electron chi connectivity index (χ1n) is 4.77. The largest absolute Gasteiger partial charge is 0.289 e. The van der Waals surface area contributed by atoms with Gasteiger partial charge in [0.1, 0.15) is 5.54 Å². The number of hydrogen-bond donors (Lipinski definition) is 0. The van der Waals surface area contributed by atoms with E-state index in [1.807, 2.05) is 4.90 Å². The summed E-state index contributed by atoms with van der Waals surface area (Å²) in [5.74, 6) is -2.41. The van der Waals surface area contributed by atoms with Crippen LogP contribution < -0.4 is 0 Å². The lowest BCUT2D eigenvalue weighted by Gasteiger charge is -2.40. The summed E-state index contributed by atoms with van der Waals surface area (Å²) in [7, 11) is 1.81. The van der Waals surface area contributed by atoms with E-state index in [-0.39, 0.29) is 18.8 Å². The third-order valence-electron chi connectivity index (χ3n) is 2.93. The molecule has 1 aliphatic rings. The Labute approximate surface area is 83.5 Å². The van der Waals surface area contributed by atoms with E-state index in [9.17, 15) is 8.78 Å². The third kappa shape index (κ3) is 2.42. The van der Waals surface area contributed by atoms with Gasteiger partial charge in [-0.15, -0.1) is 0 Å². The van der Waals surface area contributed by atoms with E-state index in [4.69, 9.17) is 5.26 Å². The standard InChI is InChI=1S/C10H16F2N2/c1-9(2,7-13)14(3)6-8-4-10(11,12)5-8/h8H,4-6H2,1-3H3. The zero-order valence-corrected chi connectivity index (χ0v) is 8.85. The lowest BCUT2D eigenvalue weighted by atomic mass is 9.80. The SMILES string of the molecule is CN(CC1CC(F)(F)C1)C(C)(C)C#N. The van der Waals surface area contributed by atoms with Gasteiger partial charge in [-0.25, -0.2) is 8.78 Å². The molecule has 0 unspecified atom stereocenters. The first-order chi connectivity index (χ1) is 6.27. The fraction of sp³-hybridized carbons (Fsp3) is 0.900. The molecule has 0 aromatic heterocycles. The lowest BCUT2D eigenvalue weighted by Crippen LogP contribution is -2.47. The Morgan fingerprint density at radius 3 is 2.36 bits per heavy atom. The van der Waals surface area contributed by atoms with E-state index in [1.165, 1.54) is 0 Å². The van der Waals surface area contributed by atoms with Gasteiger partial charge in [0.25, 0.3) is 0 Å². The molecule has 0 N–H and O–H groups in total. The van der Waals surface area contributed by atoms with Crippen molar-refractivity contribution in [3.8, 4) is 6.07 Å². The molecule has 0 saturated heterocycles. The second-order valence-electron chi connectivity index (χ2n) is 4.68. The minimum absolute atomic E-state index is 0.0289. The second kappa shape index (κ2) is 3.47. The molecular formula is C10H16F2N2. The Hall–Kier alpha value is -0.690. The van der Waals surface area contributed by atoms with Gasteiger partial charge in [-0.1, -0.05) is 0 Å². The molecular weight excluding hydrogens is 186 g/mol. The lowest BCUT2D eigenvalue weighted by molar-refractivity contribution is -0.117. The Kier molecular flexibility index (Phi) is 2.82. The molecule has 0 bridgehead atoms. The molecule has 4 heteroatoms. The van der Waals surface area contributed by atoms with Crippen molar-refractivity contribution < 1.29 is 8.78 Å². The minimum atomic E-state index is -2.46. The van der Waals surface area contributed by atoms with Gasteiger partial charge in [-0.2, -0.15) is 5.26 Å². The summed E-state index contributed by atoms with van der Waals surface area (Å²) in [5, 5.41) is 8.83. The summed E-state index contributed by atoms with van der Waals surface area (Å²) >= 11 is 0. The van der Waals surface area contributed by atoms with Gasteiger partial charge < -0.3 is 0 Å². The van der Waals surface area contributed by atoms with Gasteiger partial charge >= 0.3 is 0 Å². The van der Waals surface area contributed by atoms with Crippen molar-refractivity contribution in [2.24, 2.45) is 5.92 Å². The topological polar surface area (TPSA) is 27.0 Å². The molecule has 80 valence electrons. The van der Waals surface area contributed by atoms with E-state index in [1.54, 1.807) is 20.9 Å². The molecule has 0 heterocycles. The Bertz CT molecular complexity index is 247. The molecule has 1 aliphatic carbocycles. The van der Waals surface area contributed by atoms with Crippen LogP contribution in [0.2, 0.25) is 0 Å². The van der Waals surface area contributed by atoms with Gasteiger partial charge in [-0.05, 0) is 26.8 Å². The van der Waals surface area contributed by atoms with Crippen molar-refractivity contribution in [2.75, 3.05) is 13.6 Å². The van der Waals surface area contributed by atoms with Crippen molar-refractivity contribution in [3.05, 3.63) is 0 Å². The molecule has 1 rings (SSSR count). The normalized spacial score (nSPS) is 21.8. The maximum absolute atomic E-state index is 12.5. The highest BCUT2D eigenvalue weighted by molar-refractivity contribution is 5.02. The highest BCUT2D eigenvalue weighted by Gasteiger charge is 2.46. The summed E-state index contributed by atoms with van der Waals surface area (Å²) in [4.78, 5) is 1.84. The van der Waals surface area contributed by atoms with Crippen LogP contribution in [0.5, 0.6) is 0 Å². The van der Waals surface area contributed by atoms with E-state index in [0.717, 1.165) is 0 Å². The fourth-order valence-electron chi connectivity index (χ4n) is 1.61. The molecule has 0 aromatic carbocycles. The molecule has 0 aromatic rings. The van der Waals surface area contributed by atoms with E-state index in [2.05, 4.69) is 6.07 Å². The first kappa shape index (κ1) is 11.4. The maximum Gasteiger partial charge on any atom is 0.248 e. The van der Waals surface area contributed by atoms with Gasteiger partial charge in [0, 0.05) is 19.4 Å². The number of hydrogen-bond acceptors (Lipinski definition) is 2. The quantitative estimate of drug-likeness (QED) is 0.702. The molecule has 1 fully saturated rings. The van der Waals surface area contributed by atoms with Crippen molar-refractivity contribution in [3.63, 3.8) is 0 Å². The van der Waals surface area contributed by atoms with Gasteiger partial charge in [0.2, 0.25) is 5.92 Å². The number of rotatable bonds is 3. The first-order valence-corrected chi connectivity index (χ1v) is 4.77.